The fraction of sp³-hybridized carbons (Fsp3) is 0.286. The van der Waals surface area contributed by atoms with Gasteiger partial charge in [0.25, 0.3) is 11.6 Å². The number of nitro groups is 1. The third kappa shape index (κ3) is 2.62. The number of hydrogen-bond donors (Lipinski definition) is 0. The van der Waals surface area contributed by atoms with Gasteiger partial charge in [-0.3, -0.25) is 14.9 Å². The number of carbonyl (C=O) groups excluding carboxylic acids is 1. The highest BCUT2D eigenvalue weighted by molar-refractivity contribution is 6.30. The molecule has 0 aromatic heterocycles. The Morgan fingerprint density at radius 1 is 1.29 bits per heavy atom. The number of anilines is 1. The van der Waals surface area contributed by atoms with Crippen molar-refractivity contribution in [2.45, 2.75) is 13.8 Å². The van der Waals surface area contributed by atoms with Gasteiger partial charge in [-0.05, 0) is 26.0 Å². The Bertz CT molecular complexity index is 659. The Morgan fingerprint density at radius 3 is 2.33 bits per heavy atom. The van der Waals surface area contributed by atoms with Crippen molar-refractivity contribution in [2.24, 2.45) is 5.10 Å². The average Bonchev–Trinajstić information content (AvgIpc) is 2.73. The highest BCUT2D eigenvalue weighted by atomic mass is 16.6. The molecule has 0 fully saturated rings. The molecule has 1 amide bonds. The van der Waals surface area contributed by atoms with E-state index in [0.29, 0.717) is 17.0 Å². The van der Waals surface area contributed by atoms with Crippen LogP contribution in [0.4, 0.5) is 11.4 Å². The van der Waals surface area contributed by atoms with Crippen molar-refractivity contribution < 1.29 is 9.72 Å². The van der Waals surface area contributed by atoms with E-state index >= 15 is 0 Å². The van der Waals surface area contributed by atoms with E-state index in [1.807, 2.05) is 25.9 Å². The monoisotopic (exact) mass is 288 g/mol. The van der Waals surface area contributed by atoms with Crippen molar-refractivity contribution in [3.8, 4) is 0 Å². The average molecular weight is 288 g/mol. The SMILES string of the molecule is CC1=NN(c2ccc([N+](=O)[O-])cc2)C(=O)/C1=C(/C)N(C)C. The minimum atomic E-state index is -0.481. The van der Waals surface area contributed by atoms with Crippen LogP contribution in [0.25, 0.3) is 0 Å². The van der Waals surface area contributed by atoms with E-state index in [2.05, 4.69) is 5.10 Å². The van der Waals surface area contributed by atoms with Gasteiger partial charge in [0.15, 0.2) is 0 Å². The minimum Gasteiger partial charge on any atom is -0.380 e. The molecule has 0 bridgehead atoms. The molecule has 1 aromatic carbocycles. The summed E-state index contributed by atoms with van der Waals surface area (Å²) >= 11 is 0. The molecular weight excluding hydrogens is 272 g/mol. The van der Waals surface area contributed by atoms with E-state index in [-0.39, 0.29) is 11.6 Å². The Labute approximate surface area is 122 Å². The molecule has 7 heteroatoms. The molecule has 0 saturated heterocycles. The fourth-order valence-corrected chi connectivity index (χ4v) is 2.04. The van der Waals surface area contributed by atoms with Crippen LogP contribution >= 0.6 is 0 Å². The molecule has 1 aliphatic heterocycles. The summed E-state index contributed by atoms with van der Waals surface area (Å²) in [6.07, 6.45) is 0. The molecule has 0 saturated carbocycles. The second kappa shape index (κ2) is 5.35. The molecule has 0 aliphatic carbocycles. The number of rotatable bonds is 3. The number of nitrogens with zero attached hydrogens (tertiary/aromatic N) is 4. The van der Waals surface area contributed by atoms with Crippen molar-refractivity contribution in [1.82, 2.24) is 4.90 Å². The van der Waals surface area contributed by atoms with E-state index in [0.717, 1.165) is 5.70 Å². The lowest BCUT2D eigenvalue weighted by Gasteiger charge is -2.16. The number of benzene rings is 1. The number of hydrazone groups is 1. The van der Waals surface area contributed by atoms with Gasteiger partial charge < -0.3 is 4.90 Å². The molecule has 0 atom stereocenters. The molecule has 1 aliphatic rings. The third-order valence-electron chi connectivity index (χ3n) is 3.36. The highest BCUT2D eigenvalue weighted by Gasteiger charge is 2.31. The smallest absolute Gasteiger partial charge is 0.282 e. The van der Waals surface area contributed by atoms with Gasteiger partial charge in [-0.1, -0.05) is 0 Å². The lowest BCUT2D eigenvalue weighted by atomic mass is 10.1. The van der Waals surface area contributed by atoms with E-state index in [1.165, 1.54) is 29.3 Å². The van der Waals surface area contributed by atoms with Crippen LogP contribution in [-0.4, -0.2) is 35.5 Å². The summed E-state index contributed by atoms with van der Waals surface area (Å²) in [7, 11) is 3.72. The molecule has 0 unspecified atom stereocenters. The van der Waals surface area contributed by atoms with Crippen LogP contribution in [0.1, 0.15) is 13.8 Å². The van der Waals surface area contributed by atoms with Crippen LogP contribution in [0.15, 0.2) is 40.6 Å². The zero-order chi connectivity index (χ0) is 15.7. The van der Waals surface area contributed by atoms with Crippen molar-refractivity contribution in [3.05, 3.63) is 45.6 Å². The largest absolute Gasteiger partial charge is 0.380 e. The molecule has 0 N–H and O–H groups in total. The fourth-order valence-electron chi connectivity index (χ4n) is 2.04. The van der Waals surface area contributed by atoms with Gasteiger partial charge in [-0.15, -0.1) is 0 Å². The first-order valence-corrected chi connectivity index (χ1v) is 6.35. The summed E-state index contributed by atoms with van der Waals surface area (Å²) in [6.45, 7) is 3.62. The van der Waals surface area contributed by atoms with Crippen molar-refractivity contribution >= 4 is 23.0 Å². The maximum atomic E-state index is 12.5. The maximum absolute atomic E-state index is 12.5. The summed E-state index contributed by atoms with van der Waals surface area (Å²) in [4.78, 5) is 24.5. The lowest BCUT2D eigenvalue weighted by molar-refractivity contribution is -0.384. The number of hydrogen-bond acceptors (Lipinski definition) is 5. The van der Waals surface area contributed by atoms with Crippen LogP contribution in [-0.2, 0) is 4.79 Å². The summed E-state index contributed by atoms with van der Waals surface area (Å²) in [6, 6.07) is 5.74. The second-order valence-corrected chi connectivity index (χ2v) is 4.93. The topological polar surface area (TPSA) is 79.0 Å². The molecule has 1 aromatic rings. The number of non-ortho nitro benzene ring substituents is 1. The van der Waals surface area contributed by atoms with Crippen molar-refractivity contribution in [1.29, 1.82) is 0 Å². The van der Waals surface area contributed by atoms with Crippen LogP contribution in [0.5, 0.6) is 0 Å². The molecular formula is C14H16N4O3. The number of nitro benzene ring substituents is 1. The maximum Gasteiger partial charge on any atom is 0.282 e. The summed E-state index contributed by atoms with van der Waals surface area (Å²) in [5, 5.41) is 16.2. The van der Waals surface area contributed by atoms with E-state index in [9.17, 15) is 14.9 Å². The Morgan fingerprint density at radius 2 is 1.86 bits per heavy atom. The minimum absolute atomic E-state index is 0.0219. The molecule has 110 valence electrons. The predicted molar refractivity (Wildman–Crippen MR) is 80.1 cm³/mol. The van der Waals surface area contributed by atoms with Gasteiger partial charge >= 0.3 is 0 Å². The van der Waals surface area contributed by atoms with E-state index < -0.39 is 4.92 Å². The number of amides is 1. The Hall–Kier alpha value is -2.70. The quantitative estimate of drug-likeness (QED) is 0.485. The number of carbonyl (C=O) groups is 1. The molecule has 0 spiro atoms. The summed E-state index contributed by atoms with van der Waals surface area (Å²) in [5.41, 5.74) is 2.49. The molecule has 1 heterocycles. The zero-order valence-corrected chi connectivity index (χ0v) is 12.3. The predicted octanol–water partition coefficient (Wildman–Crippen LogP) is 2.15. The van der Waals surface area contributed by atoms with Crippen molar-refractivity contribution in [3.63, 3.8) is 0 Å². The Balaban J connectivity index is 2.38. The van der Waals surface area contributed by atoms with Crippen LogP contribution < -0.4 is 5.01 Å². The standard InChI is InChI=1S/C14H16N4O3/c1-9-13(10(2)16(3)4)14(19)17(15-9)11-5-7-12(8-6-11)18(20)21/h5-8H,1-4H3/b13-10-. The normalized spacial score (nSPS) is 16.9. The van der Waals surface area contributed by atoms with Gasteiger partial charge in [0.1, 0.15) is 0 Å². The van der Waals surface area contributed by atoms with Crippen LogP contribution in [0.2, 0.25) is 0 Å². The second-order valence-electron chi connectivity index (χ2n) is 4.93. The highest BCUT2D eigenvalue weighted by Crippen LogP contribution is 2.27. The molecule has 0 radical (unpaired) electrons. The van der Waals surface area contributed by atoms with E-state index in [1.54, 1.807) is 6.92 Å². The van der Waals surface area contributed by atoms with Gasteiger partial charge in [0.2, 0.25) is 0 Å². The zero-order valence-electron chi connectivity index (χ0n) is 12.3. The van der Waals surface area contributed by atoms with Gasteiger partial charge in [0, 0.05) is 31.9 Å². The molecule has 2 rings (SSSR count). The molecule has 21 heavy (non-hydrogen) atoms. The first kappa shape index (κ1) is 14.7. The number of allylic oxidation sites excluding steroid dienone is 1. The first-order valence-electron chi connectivity index (χ1n) is 6.35. The van der Waals surface area contributed by atoms with Gasteiger partial charge in [0.05, 0.1) is 21.9 Å². The van der Waals surface area contributed by atoms with Gasteiger partial charge in [-0.2, -0.15) is 10.1 Å². The Kier molecular flexibility index (Phi) is 3.75. The lowest BCUT2D eigenvalue weighted by Crippen LogP contribution is -2.24. The van der Waals surface area contributed by atoms with Gasteiger partial charge in [-0.25, -0.2) is 0 Å². The molecule has 7 nitrogen and oxygen atoms in total. The third-order valence-corrected chi connectivity index (χ3v) is 3.36. The van der Waals surface area contributed by atoms with E-state index in [4.69, 9.17) is 0 Å². The summed E-state index contributed by atoms with van der Waals surface area (Å²) < 4.78 is 0. The van der Waals surface area contributed by atoms with Crippen LogP contribution in [0.3, 0.4) is 0 Å². The van der Waals surface area contributed by atoms with Crippen molar-refractivity contribution in [2.75, 3.05) is 19.1 Å². The van der Waals surface area contributed by atoms with Crippen LogP contribution in [0, 0.1) is 10.1 Å². The first-order chi connectivity index (χ1) is 9.82. The summed E-state index contributed by atoms with van der Waals surface area (Å²) in [5.74, 6) is -0.229.